The number of ether oxygens (including phenoxy) is 1. The first-order valence-electron chi connectivity index (χ1n) is 4.75. The molecule has 2 N–H and O–H groups in total. The Balaban J connectivity index is 2.38. The Kier molecular flexibility index (Phi) is 3.41. The Morgan fingerprint density at radius 2 is 1.65 bits per heavy atom. The molecule has 2 aromatic carbocycles. The van der Waals surface area contributed by atoms with Gasteiger partial charge in [0.05, 0.1) is 5.02 Å². The molecular weight excluding hydrogens is 264 g/mol. The molecule has 2 rings (SSSR count). The van der Waals surface area contributed by atoms with E-state index in [1.54, 1.807) is 24.3 Å². The number of hydrogen-bond acceptors (Lipinski definition) is 2. The number of rotatable bonds is 2. The van der Waals surface area contributed by atoms with Gasteiger partial charge in [-0.3, -0.25) is 0 Å². The van der Waals surface area contributed by atoms with Crippen molar-refractivity contribution in [2.24, 2.45) is 0 Å². The zero-order valence-electron chi connectivity index (χ0n) is 8.58. The minimum atomic E-state index is -0.541. The molecule has 17 heavy (non-hydrogen) atoms. The fourth-order valence-electron chi connectivity index (χ4n) is 1.29. The van der Waals surface area contributed by atoms with Crippen molar-refractivity contribution in [2.75, 3.05) is 5.73 Å². The highest BCUT2D eigenvalue weighted by atomic mass is 35.5. The lowest BCUT2D eigenvalue weighted by atomic mass is 10.3. The predicted octanol–water partition coefficient (Wildman–Crippen LogP) is 4.51. The van der Waals surface area contributed by atoms with Crippen molar-refractivity contribution in [3.8, 4) is 11.5 Å². The largest absolute Gasteiger partial charge is 0.453 e. The maximum Gasteiger partial charge on any atom is 0.153 e. The normalized spacial score (nSPS) is 10.3. The van der Waals surface area contributed by atoms with E-state index in [9.17, 15) is 4.39 Å². The molecule has 0 amide bonds. The van der Waals surface area contributed by atoms with Gasteiger partial charge in [-0.25, -0.2) is 4.39 Å². The molecule has 0 aliphatic heterocycles. The number of nitrogen functional groups attached to an aromatic ring is 1. The molecule has 0 saturated heterocycles. The second-order valence-corrected chi connectivity index (χ2v) is 4.09. The summed E-state index contributed by atoms with van der Waals surface area (Å²) < 4.78 is 18.6. The number of nitrogens with two attached hydrogens (primary N) is 1. The van der Waals surface area contributed by atoms with Gasteiger partial charge in [-0.1, -0.05) is 35.3 Å². The maximum atomic E-state index is 13.2. The number of anilines is 1. The Hall–Kier alpha value is -1.45. The average molecular weight is 272 g/mol. The van der Waals surface area contributed by atoms with Gasteiger partial charge in [-0.05, 0) is 24.3 Å². The summed E-state index contributed by atoms with van der Waals surface area (Å²) in [6.07, 6.45) is 0. The smallest absolute Gasteiger partial charge is 0.153 e. The van der Waals surface area contributed by atoms with Gasteiger partial charge in [0.25, 0.3) is 0 Å². The van der Waals surface area contributed by atoms with E-state index in [0.29, 0.717) is 10.8 Å². The molecule has 0 heterocycles. The summed E-state index contributed by atoms with van der Waals surface area (Å²) >= 11 is 11.8. The van der Waals surface area contributed by atoms with Crippen molar-refractivity contribution >= 4 is 28.9 Å². The number of benzene rings is 2. The van der Waals surface area contributed by atoms with Crippen LogP contribution in [-0.4, -0.2) is 0 Å². The molecule has 88 valence electrons. The Labute approximate surface area is 108 Å². The molecule has 0 aromatic heterocycles. The van der Waals surface area contributed by atoms with E-state index >= 15 is 0 Å². The van der Waals surface area contributed by atoms with Gasteiger partial charge in [0.2, 0.25) is 0 Å². The fraction of sp³-hybridized carbons (Fsp3) is 0. The molecule has 0 radical (unpaired) electrons. The average Bonchev–Trinajstić information content (AvgIpc) is 2.31. The van der Waals surface area contributed by atoms with Gasteiger partial charge in [-0.15, -0.1) is 0 Å². The third-order valence-electron chi connectivity index (χ3n) is 2.15. The summed E-state index contributed by atoms with van der Waals surface area (Å²) in [5, 5.41) is 0.622. The molecule has 2 nitrogen and oxygen atoms in total. The molecule has 5 heteroatoms. The molecule has 2 aromatic rings. The van der Waals surface area contributed by atoms with Crippen LogP contribution in [0.4, 0.5) is 10.1 Å². The standard InChI is InChI=1S/C12H8Cl2FNO/c13-7-3-1-5-9(11(7)14)17-10-6-2-4-8(15)12(10)16/h1-6H,16H2. The SMILES string of the molecule is Nc1c(F)cccc1Oc1cccc(Cl)c1Cl. The maximum absolute atomic E-state index is 13.2. The van der Waals surface area contributed by atoms with Crippen LogP contribution in [0, 0.1) is 5.82 Å². The van der Waals surface area contributed by atoms with Gasteiger partial charge in [0, 0.05) is 0 Å². The number of halogens is 3. The zero-order chi connectivity index (χ0) is 12.4. The molecule has 0 fully saturated rings. The second-order valence-electron chi connectivity index (χ2n) is 3.31. The molecule has 0 bridgehead atoms. The van der Waals surface area contributed by atoms with E-state index < -0.39 is 5.82 Å². The first-order chi connectivity index (χ1) is 8.09. The van der Waals surface area contributed by atoms with Gasteiger partial charge in [0.15, 0.2) is 5.75 Å². The van der Waals surface area contributed by atoms with Crippen LogP contribution in [0.3, 0.4) is 0 Å². The monoisotopic (exact) mass is 271 g/mol. The number of para-hydroxylation sites is 1. The van der Waals surface area contributed by atoms with Crippen molar-refractivity contribution in [3.63, 3.8) is 0 Å². The van der Waals surface area contributed by atoms with Crippen molar-refractivity contribution < 1.29 is 9.13 Å². The van der Waals surface area contributed by atoms with Crippen molar-refractivity contribution in [1.82, 2.24) is 0 Å². The highest BCUT2D eigenvalue weighted by molar-refractivity contribution is 6.42. The van der Waals surface area contributed by atoms with Crippen LogP contribution in [-0.2, 0) is 0 Å². The van der Waals surface area contributed by atoms with Crippen LogP contribution in [0.5, 0.6) is 11.5 Å². The molecule has 0 unspecified atom stereocenters. The van der Waals surface area contributed by atoms with Crippen LogP contribution in [0.2, 0.25) is 10.0 Å². The Morgan fingerprint density at radius 3 is 2.41 bits per heavy atom. The predicted molar refractivity (Wildman–Crippen MR) is 67.3 cm³/mol. The zero-order valence-corrected chi connectivity index (χ0v) is 10.1. The summed E-state index contributed by atoms with van der Waals surface area (Å²) in [6.45, 7) is 0. The summed E-state index contributed by atoms with van der Waals surface area (Å²) in [7, 11) is 0. The Bertz CT molecular complexity index is 511. The first kappa shape index (κ1) is 12.0. The van der Waals surface area contributed by atoms with Gasteiger partial charge >= 0.3 is 0 Å². The van der Waals surface area contributed by atoms with E-state index in [4.69, 9.17) is 33.7 Å². The fourth-order valence-corrected chi connectivity index (χ4v) is 1.62. The molecule has 0 saturated carbocycles. The van der Waals surface area contributed by atoms with Crippen LogP contribution in [0.1, 0.15) is 0 Å². The van der Waals surface area contributed by atoms with Crippen LogP contribution in [0.15, 0.2) is 36.4 Å². The second kappa shape index (κ2) is 4.82. The quantitative estimate of drug-likeness (QED) is 0.816. The first-order valence-corrected chi connectivity index (χ1v) is 5.51. The van der Waals surface area contributed by atoms with Crippen molar-refractivity contribution in [3.05, 3.63) is 52.3 Å². The molecule has 0 aliphatic rings. The summed E-state index contributed by atoms with van der Waals surface area (Å²) in [6, 6.07) is 9.24. The van der Waals surface area contributed by atoms with E-state index in [1.165, 1.54) is 12.1 Å². The van der Waals surface area contributed by atoms with E-state index in [0.717, 1.165) is 0 Å². The molecule has 0 atom stereocenters. The highest BCUT2D eigenvalue weighted by Crippen LogP contribution is 2.36. The van der Waals surface area contributed by atoms with Crippen LogP contribution in [0.25, 0.3) is 0 Å². The van der Waals surface area contributed by atoms with Crippen molar-refractivity contribution in [2.45, 2.75) is 0 Å². The minimum absolute atomic E-state index is 0.0662. The molecular formula is C12H8Cl2FNO. The van der Waals surface area contributed by atoms with Gasteiger partial charge < -0.3 is 10.5 Å². The van der Waals surface area contributed by atoms with Gasteiger partial charge in [0.1, 0.15) is 22.3 Å². The number of hydrogen-bond donors (Lipinski definition) is 1. The van der Waals surface area contributed by atoms with E-state index in [-0.39, 0.29) is 16.5 Å². The molecule has 0 aliphatic carbocycles. The lowest BCUT2D eigenvalue weighted by Crippen LogP contribution is -1.95. The summed E-state index contributed by atoms with van der Waals surface area (Å²) in [5.74, 6) is -0.00807. The lowest BCUT2D eigenvalue weighted by molar-refractivity contribution is 0.480. The van der Waals surface area contributed by atoms with E-state index in [2.05, 4.69) is 0 Å². The Morgan fingerprint density at radius 1 is 1.00 bits per heavy atom. The molecule has 0 spiro atoms. The third kappa shape index (κ3) is 2.46. The van der Waals surface area contributed by atoms with Crippen LogP contribution >= 0.6 is 23.2 Å². The minimum Gasteiger partial charge on any atom is -0.453 e. The van der Waals surface area contributed by atoms with Crippen LogP contribution < -0.4 is 10.5 Å². The topological polar surface area (TPSA) is 35.2 Å². The van der Waals surface area contributed by atoms with E-state index in [1.807, 2.05) is 0 Å². The lowest BCUT2D eigenvalue weighted by Gasteiger charge is -2.10. The summed E-state index contributed by atoms with van der Waals surface area (Å²) in [4.78, 5) is 0. The van der Waals surface area contributed by atoms with Gasteiger partial charge in [-0.2, -0.15) is 0 Å². The summed E-state index contributed by atoms with van der Waals surface area (Å²) in [5.41, 5.74) is 5.48. The highest BCUT2D eigenvalue weighted by Gasteiger charge is 2.10. The third-order valence-corrected chi connectivity index (χ3v) is 2.95. The van der Waals surface area contributed by atoms with Crippen molar-refractivity contribution in [1.29, 1.82) is 0 Å².